The van der Waals surface area contributed by atoms with Crippen molar-refractivity contribution in [2.75, 3.05) is 0 Å². The van der Waals surface area contributed by atoms with E-state index in [1.54, 1.807) is 36.4 Å². The van der Waals surface area contributed by atoms with Crippen molar-refractivity contribution in [3.8, 4) is 23.0 Å². The van der Waals surface area contributed by atoms with Gasteiger partial charge in [0, 0.05) is 6.92 Å². The highest BCUT2D eigenvalue weighted by Gasteiger charge is 2.32. The molecule has 0 aliphatic carbocycles. The Labute approximate surface area is 247 Å². The summed E-state index contributed by atoms with van der Waals surface area (Å²) < 4.78 is 21.5. The average molecular weight is 591 g/mol. The molecule has 44 heavy (non-hydrogen) atoms. The monoisotopic (exact) mass is 590 g/mol. The van der Waals surface area contributed by atoms with Crippen molar-refractivity contribution < 1.29 is 38.1 Å². The fourth-order valence-electron chi connectivity index (χ4n) is 5.03. The summed E-state index contributed by atoms with van der Waals surface area (Å²) in [6, 6.07) is 24.4. The summed E-state index contributed by atoms with van der Waals surface area (Å²) in [7, 11) is 0. The Morgan fingerprint density at radius 2 is 1.20 bits per heavy atom. The van der Waals surface area contributed by atoms with Crippen molar-refractivity contribution in [3.05, 3.63) is 140 Å². The molecule has 4 aromatic carbocycles. The molecule has 0 saturated heterocycles. The van der Waals surface area contributed by atoms with E-state index in [0.29, 0.717) is 0 Å². The van der Waals surface area contributed by atoms with Crippen LogP contribution < -0.4 is 20.7 Å². The van der Waals surface area contributed by atoms with Gasteiger partial charge in [0.2, 0.25) is 0 Å². The molecule has 0 bridgehead atoms. The fraction of sp³-hybridized carbons (Fsp3) is 0.0588. The van der Waals surface area contributed by atoms with Crippen molar-refractivity contribution in [2.45, 2.75) is 12.8 Å². The van der Waals surface area contributed by atoms with E-state index in [0.717, 1.165) is 0 Å². The second-order valence-electron chi connectivity index (χ2n) is 9.81. The van der Waals surface area contributed by atoms with Crippen LogP contribution in [-0.2, 0) is 4.79 Å². The number of aromatic hydroxyl groups is 2. The fourth-order valence-corrected chi connectivity index (χ4v) is 5.03. The maximum atomic E-state index is 13.4. The van der Waals surface area contributed by atoms with Crippen molar-refractivity contribution in [2.24, 2.45) is 0 Å². The van der Waals surface area contributed by atoms with Crippen molar-refractivity contribution in [1.29, 1.82) is 0 Å². The molecule has 218 valence electrons. The number of para-hydroxylation sites is 2. The quantitative estimate of drug-likeness (QED) is 0.142. The number of hydrogen-bond acceptors (Lipinski definition) is 10. The molecule has 0 saturated carbocycles. The van der Waals surface area contributed by atoms with Gasteiger partial charge in [-0.2, -0.15) is 0 Å². The molecule has 2 N–H and O–H groups in total. The van der Waals surface area contributed by atoms with Gasteiger partial charge in [0.25, 0.3) is 0 Å². The number of hydrogen-bond donors (Lipinski definition) is 2. The summed E-state index contributed by atoms with van der Waals surface area (Å²) >= 11 is 0. The van der Waals surface area contributed by atoms with Gasteiger partial charge in [-0.15, -0.1) is 0 Å². The zero-order valence-electron chi connectivity index (χ0n) is 23.0. The van der Waals surface area contributed by atoms with Crippen LogP contribution in [0.25, 0.3) is 21.9 Å². The smallest absolute Gasteiger partial charge is 0.344 e. The summed E-state index contributed by atoms with van der Waals surface area (Å²) in [6.07, 6.45) is 0. The summed E-state index contributed by atoms with van der Waals surface area (Å²) in [6.45, 7) is 1.24. The minimum Gasteiger partial charge on any atom is -0.507 e. The number of carbonyl (C=O) groups is 2. The second-order valence-corrected chi connectivity index (χ2v) is 9.81. The molecule has 0 fully saturated rings. The van der Waals surface area contributed by atoms with Crippen LogP contribution in [0.5, 0.6) is 23.0 Å². The number of carbonyl (C=O) groups excluding carboxylic acids is 2. The number of fused-ring (bicyclic) bond motifs is 2. The van der Waals surface area contributed by atoms with E-state index in [1.807, 2.05) is 0 Å². The van der Waals surface area contributed by atoms with Crippen molar-refractivity contribution >= 4 is 33.9 Å². The second kappa shape index (κ2) is 11.3. The molecule has 0 aliphatic heterocycles. The Hall–Kier alpha value is -6.16. The van der Waals surface area contributed by atoms with Crippen LogP contribution in [0.2, 0.25) is 0 Å². The third-order valence-electron chi connectivity index (χ3n) is 6.97. The van der Waals surface area contributed by atoms with Gasteiger partial charge in [0.1, 0.15) is 34.2 Å². The number of esters is 2. The van der Waals surface area contributed by atoms with Crippen LogP contribution >= 0.6 is 0 Å². The molecule has 6 aromatic rings. The molecule has 0 atom stereocenters. The van der Waals surface area contributed by atoms with Gasteiger partial charge in [-0.05, 0) is 60.2 Å². The third kappa shape index (κ3) is 5.16. The van der Waals surface area contributed by atoms with Gasteiger partial charge in [0.15, 0.2) is 0 Å². The lowest BCUT2D eigenvalue weighted by Gasteiger charge is -2.20. The molecule has 2 aromatic heterocycles. The Bertz CT molecular complexity index is 2090. The van der Waals surface area contributed by atoms with E-state index < -0.39 is 40.6 Å². The summed E-state index contributed by atoms with van der Waals surface area (Å²) in [4.78, 5) is 50.8. The standard InChI is InChI=1S/C34H22O10/c1-18(35)41-22-8-6-7-20(17-22)32(38)42-21-15-13-19(14-16-21)27(28-30(36)23-9-2-4-11-25(23)43-33(28)39)29-31(37)24-10-3-5-12-26(24)44-34(29)40/h2-17,27,36-37H,1H3. The van der Waals surface area contributed by atoms with E-state index >= 15 is 0 Å². The van der Waals surface area contributed by atoms with E-state index in [2.05, 4.69) is 0 Å². The van der Waals surface area contributed by atoms with Crippen LogP contribution in [0.3, 0.4) is 0 Å². The van der Waals surface area contributed by atoms with Crippen LogP contribution in [0.15, 0.2) is 115 Å². The van der Waals surface area contributed by atoms with E-state index in [-0.39, 0.29) is 55.7 Å². The molecular formula is C34H22O10. The highest BCUT2D eigenvalue weighted by Crippen LogP contribution is 2.42. The predicted molar refractivity (Wildman–Crippen MR) is 158 cm³/mol. The van der Waals surface area contributed by atoms with Crippen LogP contribution in [0, 0.1) is 0 Å². The number of ether oxygens (including phenoxy) is 2. The maximum absolute atomic E-state index is 13.4. The Balaban J connectivity index is 1.46. The zero-order valence-corrected chi connectivity index (χ0v) is 23.0. The topological polar surface area (TPSA) is 153 Å². The third-order valence-corrected chi connectivity index (χ3v) is 6.97. The van der Waals surface area contributed by atoms with Gasteiger partial charge >= 0.3 is 23.2 Å². The number of rotatable bonds is 6. The summed E-state index contributed by atoms with van der Waals surface area (Å²) in [5.74, 6) is -3.20. The van der Waals surface area contributed by atoms with Gasteiger partial charge in [-0.1, -0.05) is 42.5 Å². The maximum Gasteiger partial charge on any atom is 0.344 e. The summed E-state index contributed by atoms with van der Waals surface area (Å²) in [5, 5.41) is 23.1. The lowest BCUT2D eigenvalue weighted by atomic mass is 9.84. The Morgan fingerprint density at radius 3 is 1.75 bits per heavy atom. The minimum atomic E-state index is -1.35. The molecule has 0 amide bonds. The lowest BCUT2D eigenvalue weighted by Crippen LogP contribution is -2.21. The minimum absolute atomic E-state index is 0.111. The van der Waals surface area contributed by atoms with E-state index in [4.69, 9.17) is 18.3 Å². The zero-order chi connectivity index (χ0) is 31.0. The molecular weight excluding hydrogens is 568 g/mol. The lowest BCUT2D eigenvalue weighted by molar-refractivity contribution is -0.131. The van der Waals surface area contributed by atoms with Crippen LogP contribution in [0.4, 0.5) is 0 Å². The number of benzene rings is 4. The first-order valence-electron chi connectivity index (χ1n) is 13.3. The highest BCUT2D eigenvalue weighted by atomic mass is 16.5. The first-order valence-corrected chi connectivity index (χ1v) is 13.3. The van der Waals surface area contributed by atoms with Crippen LogP contribution in [-0.4, -0.2) is 22.2 Å². The molecule has 10 nitrogen and oxygen atoms in total. The molecule has 0 radical (unpaired) electrons. The van der Waals surface area contributed by atoms with Crippen molar-refractivity contribution in [3.63, 3.8) is 0 Å². The molecule has 0 spiro atoms. The van der Waals surface area contributed by atoms with Gasteiger partial charge in [-0.3, -0.25) is 4.79 Å². The molecule has 0 aliphatic rings. The Morgan fingerprint density at radius 1 is 0.659 bits per heavy atom. The molecule has 6 rings (SSSR count). The van der Waals surface area contributed by atoms with E-state index in [9.17, 15) is 29.4 Å². The summed E-state index contributed by atoms with van der Waals surface area (Å²) in [5.41, 5.74) is -1.79. The Kier molecular flexibility index (Phi) is 7.16. The van der Waals surface area contributed by atoms with Gasteiger partial charge < -0.3 is 28.5 Å². The first-order chi connectivity index (χ1) is 21.2. The van der Waals surface area contributed by atoms with Crippen LogP contribution in [0.1, 0.15) is 39.9 Å². The normalized spacial score (nSPS) is 11.1. The average Bonchev–Trinajstić information content (AvgIpc) is 3.00. The first kappa shape index (κ1) is 28.0. The van der Waals surface area contributed by atoms with Gasteiger partial charge in [0.05, 0.1) is 33.4 Å². The predicted octanol–water partition coefficient (Wildman–Crippen LogP) is 5.64. The molecule has 2 heterocycles. The highest BCUT2D eigenvalue weighted by molar-refractivity contribution is 5.92. The van der Waals surface area contributed by atoms with Crippen molar-refractivity contribution in [1.82, 2.24) is 0 Å². The largest absolute Gasteiger partial charge is 0.507 e. The SMILES string of the molecule is CC(=O)Oc1cccc(C(=O)Oc2ccc(C(c3c(O)c4ccccc4oc3=O)c3c(O)c4ccccc4oc3=O)cc2)c1. The van der Waals surface area contributed by atoms with E-state index in [1.165, 1.54) is 67.6 Å². The van der Waals surface area contributed by atoms with Gasteiger partial charge in [-0.25, -0.2) is 14.4 Å². The molecule has 0 unspecified atom stereocenters. The molecule has 10 heteroatoms.